The van der Waals surface area contributed by atoms with Crippen LogP contribution in [0.2, 0.25) is 0 Å². The molecule has 0 radical (unpaired) electrons. The Morgan fingerprint density at radius 1 is 1.00 bits per heavy atom. The second-order valence-electron chi connectivity index (χ2n) is 9.28. The minimum atomic E-state index is -5.34. The molecule has 4 aromatic rings. The number of thioether (sulfide) groups is 1. The van der Waals surface area contributed by atoms with Crippen LogP contribution in [0, 0.1) is 12.7 Å². The first-order chi connectivity index (χ1) is 33.6. The number of aromatic nitrogens is 2. The largest absolute Gasteiger partial charge is 0.416 e. The number of halogens is 4. The number of hydrogen-bond donors (Lipinski definition) is 0. The Morgan fingerprint density at radius 3 is 2.33 bits per heavy atom. The second kappa shape index (κ2) is 15.5. The van der Waals surface area contributed by atoms with Gasteiger partial charge in [-0.15, -0.1) is 0 Å². The lowest BCUT2D eigenvalue weighted by Crippen LogP contribution is -2.40. The molecule has 1 aliphatic rings. The molecule has 3 aromatic carbocycles. The van der Waals surface area contributed by atoms with Gasteiger partial charge in [0.1, 0.15) is 12.3 Å². The summed E-state index contributed by atoms with van der Waals surface area (Å²) >= 11 is -0.694. The molecular formula is C37H40F4N4O2S. The van der Waals surface area contributed by atoms with E-state index in [1.165, 1.54) is 13.8 Å². The smallest absolute Gasteiger partial charge is 0.336 e. The van der Waals surface area contributed by atoms with Crippen LogP contribution < -0.4 is 5.56 Å². The fraction of sp³-hybridized carbons (Fsp3) is 0.378. The van der Waals surface area contributed by atoms with Gasteiger partial charge in [-0.25, -0.2) is 4.39 Å². The minimum absolute atomic E-state index is 0.511. The molecule has 0 fully saturated rings. The third kappa shape index (κ3) is 8.54. The van der Waals surface area contributed by atoms with Gasteiger partial charge in [-0.05, 0) is 85.1 Å². The number of fused-ring (bicyclic) bond motifs is 1. The summed E-state index contributed by atoms with van der Waals surface area (Å²) in [4.78, 5) is 32.3. The molecule has 0 N–H and O–H groups in total. The fourth-order valence-electron chi connectivity index (χ4n) is 3.79. The number of hydrogen-bond acceptors (Lipinski definition) is 5. The molecule has 254 valence electrons. The summed E-state index contributed by atoms with van der Waals surface area (Å²) in [6.07, 6.45) is -17.4. The van der Waals surface area contributed by atoms with E-state index in [2.05, 4.69) is 4.98 Å². The lowest BCUT2D eigenvalue weighted by Gasteiger charge is -2.28. The molecule has 0 saturated carbocycles. The van der Waals surface area contributed by atoms with E-state index in [0.29, 0.717) is 11.8 Å². The van der Waals surface area contributed by atoms with Gasteiger partial charge in [-0.3, -0.25) is 9.59 Å². The van der Waals surface area contributed by atoms with Crippen molar-refractivity contribution >= 4 is 17.7 Å². The molecule has 0 unspecified atom stereocenters. The molecule has 0 spiro atoms. The Bertz CT molecular complexity index is 3040. The lowest BCUT2D eigenvalue weighted by atomic mass is 9.98. The highest BCUT2D eigenvalue weighted by Crippen LogP contribution is 2.34. The van der Waals surface area contributed by atoms with Crippen LogP contribution in [0.3, 0.4) is 0 Å². The van der Waals surface area contributed by atoms with Crippen LogP contribution in [-0.2, 0) is 42.4 Å². The number of likely N-dealkylation sites (N-methyl/N-ethyl adjacent to an activating group) is 1. The van der Waals surface area contributed by atoms with Crippen molar-refractivity contribution in [2.24, 2.45) is 0 Å². The van der Waals surface area contributed by atoms with Crippen molar-refractivity contribution in [1.82, 2.24) is 19.4 Å². The average Bonchev–Trinajstić information content (AvgIpc) is 3.36. The van der Waals surface area contributed by atoms with Crippen molar-refractivity contribution in [1.29, 1.82) is 0 Å². The van der Waals surface area contributed by atoms with Crippen LogP contribution in [0.1, 0.15) is 90.7 Å². The van der Waals surface area contributed by atoms with E-state index < -0.39 is 225 Å². The minimum Gasteiger partial charge on any atom is -0.336 e. The van der Waals surface area contributed by atoms with Gasteiger partial charge in [0.05, 0.1) is 28.9 Å². The van der Waals surface area contributed by atoms with Crippen molar-refractivity contribution < 1.29 is 59.4 Å². The van der Waals surface area contributed by atoms with Gasteiger partial charge < -0.3 is 14.4 Å². The molecule has 0 atom stereocenters. The maximum absolute atomic E-state index is 15.5. The number of rotatable bonds is 13. The Labute approximate surface area is 320 Å². The van der Waals surface area contributed by atoms with Crippen molar-refractivity contribution in [2.75, 3.05) is 26.1 Å². The summed E-state index contributed by atoms with van der Waals surface area (Å²) in [7, 11) is 0. The van der Waals surface area contributed by atoms with Crippen LogP contribution in [0.15, 0.2) is 76.4 Å². The van der Waals surface area contributed by atoms with Gasteiger partial charge >= 0.3 is 6.18 Å². The molecule has 1 aliphatic carbocycles. The Hall–Kier alpha value is -3.96. The van der Waals surface area contributed by atoms with Gasteiger partial charge in [0.2, 0.25) is 5.91 Å². The molecule has 1 amide bonds. The number of carbonyl (C=O) groups excluding carboxylic acids is 1. The molecule has 1 heterocycles. The number of alkyl halides is 3. The third-order valence-corrected chi connectivity index (χ3v) is 6.91. The van der Waals surface area contributed by atoms with Crippen LogP contribution in [-0.4, -0.2) is 51.3 Å². The van der Waals surface area contributed by atoms with E-state index >= 15 is 4.79 Å². The maximum atomic E-state index is 15.5. The number of amides is 1. The molecule has 0 bridgehead atoms. The zero-order valence-corrected chi connectivity index (χ0v) is 25.8. The van der Waals surface area contributed by atoms with Gasteiger partial charge in [-0.2, -0.15) is 18.2 Å². The summed E-state index contributed by atoms with van der Waals surface area (Å²) in [5.41, 5.74) is -17.7. The number of benzene rings is 3. The quantitative estimate of drug-likeness (QED) is 0.0818. The summed E-state index contributed by atoms with van der Waals surface area (Å²) in [5.74, 6) is -4.66. The summed E-state index contributed by atoms with van der Waals surface area (Å²) in [6, 6.07) is -16.8. The molecule has 0 aliphatic heterocycles. The van der Waals surface area contributed by atoms with Crippen molar-refractivity contribution in [2.45, 2.75) is 69.9 Å². The molecule has 48 heavy (non-hydrogen) atoms. The summed E-state index contributed by atoms with van der Waals surface area (Å²) < 4.78 is 292. The van der Waals surface area contributed by atoms with Crippen molar-refractivity contribution in [3.63, 3.8) is 0 Å². The zero-order chi connectivity index (χ0) is 58.3. The first-order valence-electron chi connectivity index (χ1n) is 27.1. The Kier molecular flexibility index (Phi) is 4.68. The van der Waals surface area contributed by atoms with E-state index in [1.54, 1.807) is 0 Å². The molecular weight excluding hydrogens is 640 g/mol. The standard InChI is InChI=1S/C37H40F4N4O2S/c1-4-43(5-2)19-20-44(22-26-9-13-28(14-10-26)29-15-18-32(25(3)21-29)37(39,40)41)34(46)23-45-33-8-6-7-31(33)35(47)42-36(45)48-24-27-11-16-30(38)17-12-27/h9-18,21H,4-8,19-20,22-24H2,1-3H3/i6D2,7D2,8D2,9D,10D,11D,12D,13D,14D,15D,16D,17D,18D,19D2,20D2,21D,22D2,23D2,24D2. The Balaban J connectivity index is 1.98. The molecule has 6 nitrogen and oxygen atoms in total. The van der Waals surface area contributed by atoms with Crippen LogP contribution in [0.5, 0.6) is 0 Å². The first kappa shape index (κ1) is 14.5. The van der Waals surface area contributed by atoms with Crippen molar-refractivity contribution in [3.05, 3.63) is 116 Å². The van der Waals surface area contributed by atoms with Gasteiger partial charge in [0.15, 0.2) is 5.16 Å². The van der Waals surface area contributed by atoms with Gasteiger partial charge in [0, 0.05) is 50.2 Å². The van der Waals surface area contributed by atoms with Gasteiger partial charge in [-0.1, -0.05) is 73.9 Å². The first-order valence-corrected chi connectivity index (χ1v) is 14.4. The predicted molar refractivity (Wildman–Crippen MR) is 181 cm³/mol. The number of carbonyl (C=O) groups is 1. The Morgan fingerprint density at radius 2 is 1.67 bits per heavy atom. The van der Waals surface area contributed by atoms with E-state index in [0.717, 1.165) is 0 Å². The molecule has 11 heteroatoms. The highest BCUT2D eigenvalue weighted by Gasteiger charge is 2.32. The average molecular weight is 708 g/mol. The summed E-state index contributed by atoms with van der Waals surface area (Å²) in [5, 5.41) is -1.72. The van der Waals surface area contributed by atoms with Crippen LogP contribution >= 0.6 is 11.8 Å². The highest BCUT2D eigenvalue weighted by molar-refractivity contribution is 7.98. The second-order valence-corrected chi connectivity index (χ2v) is 10.1. The van der Waals surface area contributed by atoms with E-state index in [-0.39, 0.29) is 0 Å². The predicted octanol–water partition coefficient (Wildman–Crippen LogP) is 7.53. The zero-order valence-electron chi connectivity index (χ0n) is 51.9. The van der Waals surface area contributed by atoms with Gasteiger partial charge in [0.25, 0.3) is 5.56 Å². The van der Waals surface area contributed by atoms with E-state index in [9.17, 15) is 30.6 Å². The monoisotopic (exact) mass is 707 g/mol. The normalized spacial score (nSPS) is 25.6. The maximum Gasteiger partial charge on any atom is 0.416 e. The molecule has 5 rings (SSSR count). The topological polar surface area (TPSA) is 58.4 Å². The van der Waals surface area contributed by atoms with E-state index in [1.807, 2.05) is 0 Å². The SMILES string of the molecule is [2H]c1c([2H])c(C([2H])([2H])Sc2nc(=O)c3c(n2C([2H])([2H])C(=O)N(C([2H])([2H])c2c([2H])c([2H])c(-c4c([2H])c([2H])c(C(F)(F)F)c(C)c4[2H])c([2H])c2[2H])C([2H])([2H])C([2H])([2H])N(CC)CC)C([2H])([2H])C([2H])([2H])C3([2H])[2H])c([2H])c([2H])c1F. The summed E-state index contributed by atoms with van der Waals surface area (Å²) in [6.45, 7) is -15.5. The number of nitrogens with zero attached hydrogens (tertiary/aromatic N) is 4. The fourth-order valence-corrected chi connectivity index (χ4v) is 4.45. The molecule has 1 aromatic heterocycles. The lowest BCUT2D eigenvalue weighted by molar-refractivity contribution is -0.138. The molecule has 0 saturated heterocycles. The van der Waals surface area contributed by atoms with Crippen molar-refractivity contribution in [3.8, 4) is 11.1 Å². The highest BCUT2D eigenvalue weighted by atomic mass is 32.2. The third-order valence-electron chi connectivity index (χ3n) is 6.15. The van der Waals surface area contributed by atoms with Crippen LogP contribution in [0.25, 0.3) is 11.1 Å². The van der Waals surface area contributed by atoms with Crippen LogP contribution in [0.4, 0.5) is 17.6 Å². The van der Waals surface area contributed by atoms with E-state index in [4.69, 9.17) is 28.8 Å².